The smallest absolute Gasteiger partial charge is 0.0974 e. The lowest BCUT2D eigenvalue weighted by Crippen LogP contribution is -2.40. The molecule has 0 aliphatic carbocycles. The highest BCUT2D eigenvalue weighted by Crippen LogP contribution is 2.30. The molecule has 2 atom stereocenters. The highest BCUT2D eigenvalue weighted by atomic mass is 32.2. The second kappa shape index (κ2) is 6.17. The van der Waals surface area contributed by atoms with Crippen LogP contribution in [0.1, 0.15) is 33.1 Å². The van der Waals surface area contributed by atoms with Gasteiger partial charge in [0, 0.05) is 17.8 Å². The summed E-state index contributed by atoms with van der Waals surface area (Å²) in [5.41, 5.74) is 6.70. The summed E-state index contributed by atoms with van der Waals surface area (Å²) in [7, 11) is 2.15. The molecule has 3 nitrogen and oxygen atoms in total. The predicted molar refractivity (Wildman–Crippen MR) is 69.8 cm³/mol. The van der Waals surface area contributed by atoms with Gasteiger partial charge in [0.2, 0.25) is 0 Å². The fourth-order valence-corrected chi connectivity index (χ4v) is 3.34. The Bertz CT molecular complexity index is 306. The van der Waals surface area contributed by atoms with Gasteiger partial charge in [-0.25, -0.2) is 0 Å². The Labute approximate surface area is 103 Å². The van der Waals surface area contributed by atoms with E-state index >= 15 is 0 Å². The Hall–Kier alpha value is -0.660. The van der Waals surface area contributed by atoms with Crippen molar-refractivity contribution in [3.05, 3.63) is 10.6 Å². The fraction of sp³-hybridized carbons (Fsp3) is 0.750. The molecule has 2 unspecified atom stereocenters. The van der Waals surface area contributed by atoms with Crippen LogP contribution in [0.2, 0.25) is 0 Å². The van der Waals surface area contributed by atoms with Crippen LogP contribution in [0.5, 0.6) is 0 Å². The molecule has 0 saturated carbocycles. The van der Waals surface area contributed by atoms with Crippen LogP contribution in [0.15, 0.2) is 10.6 Å². The first kappa shape index (κ1) is 13.4. The molecule has 1 aliphatic rings. The van der Waals surface area contributed by atoms with E-state index in [2.05, 4.69) is 31.9 Å². The van der Waals surface area contributed by atoms with Crippen molar-refractivity contribution in [1.29, 1.82) is 5.26 Å². The Kier molecular flexibility index (Phi) is 5.17. The lowest BCUT2D eigenvalue weighted by atomic mass is 10.1. The number of hydrogen-bond donors (Lipinski definition) is 1. The maximum absolute atomic E-state index is 9.00. The molecule has 0 saturated heterocycles. The van der Waals surface area contributed by atoms with Crippen molar-refractivity contribution < 1.29 is 0 Å². The van der Waals surface area contributed by atoms with Crippen molar-refractivity contribution in [2.45, 2.75) is 44.4 Å². The van der Waals surface area contributed by atoms with Gasteiger partial charge in [-0.1, -0.05) is 20.3 Å². The largest absolute Gasteiger partial charge is 0.393 e. The van der Waals surface area contributed by atoms with Gasteiger partial charge in [-0.15, -0.1) is 11.8 Å². The average molecular weight is 239 g/mol. The zero-order valence-corrected chi connectivity index (χ0v) is 11.2. The summed E-state index contributed by atoms with van der Waals surface area (Å²) in [6.07, 6.45) is 3.16. The molecule has 1 aliphatic heterocycles. The monoisotopic (exact) mass is 239 g/mol. The maximum atomic E-state index is 9.00. The number of thioether (sulfide) groups is 1. The fourth-order valence-electron chi connectivity index (χ4n) is 2.15. The minimum atomic E-state index is 0.452. The normalized spacial score (nSPS) is 32.9. The molecule has 90 valence electrons. The van der Waals surface area contributed by atoms with E-state index in [9.17, 15) is 0 Å². The maximum Gasteiger partial charge on any atom is 0.0974 e. The molecule has 0 radical (unpaired) electrons. The van der Waals surface area contributed by atoms with E-state index in [0.29, 0.717) is 11.3 Å². The van der Waals surface area contributed by atoms with Gasteiger partial charge in [0.1, 0.15) is 0 Å². The van der Waals surface area contributed by atoms with Gasteiger partial charge < -0.3 is 10.6 Å². The van der Waals surface area contributed by atoms with Crippen LogP contribution >= 0.6 is 11.8 Å². The minimum absolute atomic E-state index is 0.452. The van der Waals surface area contributed by atoms with Crippen molar-refractivity contribution >= 4 is 11.8 Å². The molecule has 0 amide bonds. The molecule has 1 heterocycles. The zero-order valence-electron chi connectivity index (χ0n) is 10.4. The first-order valence-electron chi connectivity index (χ1n) is 5.85. The molecule has 0 aromatic heterocycles. The van der Waals surface area contributed by atoms with Crippen LogP contribution in [0.3, 0.4) is 0 Å². The molecule has 4 heteroatoms. The van der Waals surface area contributed by atoms with Crippen LogP contribution in [0, 0.1) is 11.3 Å². The third kappa shape index (κ3) is 3.16. The van der Waals surface area contributed by atoms with Crippen LogP contribution in [0.4, 0.5) is 0 Å². The summed E-state index contributed by atoms with van der Waals surface area (Å²) in [5.74, 6) is 0. The molecule has 16 heavy (non-hydrogen) atoms. The lowest BCUT2D eigenvalue weighted by molar-refractivity contribution is 0.230. The summed E-state index contributed by atoms with van der Waals surface area (Å²) in [5, 5.41) is 10.2. The molecular weight excluding hydrogens is 218 g/mol. The minimum Gasteiger partial charge on any atom is -0.393 e. The van der Waals surface area contributed by atoms with Gasteiger partial charge in [-0.05, 0) is 19.9 Å². The van der Waals surface area contributed by atoms with E-state index in [1.54, 1.807) is 11.8 Å². The number of rotatable bonds is 2. The molecule has 0 bridgehead atoms. The molecule has 2 N–H and O–H groups in total. The van der Waals surface area contributed by atoms with E-state index in [1.807, 2.05) is 0 Å². The Morgan fingerprint density at radius 3 is 2.88 bits per heavy atom. The Balaban J connectivity index is 2.84. The Morgan fingerprint density at radius 2 is 2.31 bits per heavy atom. The zero-order chi connectivity index (χ0) is 12.1. The number of nitrogens with two attached hydrogens (primary N) is 1. The van der Waals surface area contributed by atoms with Gasteiger partial charge in [0.05, 0.1) is 16.7 Å². The average Bonchev–Trinajstić information content (AvgIpc) is 2.24. The standard InChI is InChI=1S/C12H21N3S/c1-4-5-11-9(2)16-12(14)10(8-13)6-7-15(11)3/h9,11H,4-7,14H2,1-3H3/b12-10+. The lowest BCUT2D eigenvalue weighted by Gasteiger charge is -2.34. The molecular formula is C12H21N3S. The summed E-state index contributed by atoms with van der Waals surface area (Å²) in [4.78, 5) is 2.37. The number of nitrogens with zero attached hydrogens (tertiary/aromatic N) is 2. The summed E-state index contributed by atoms with van der Waals surface area (Å²) >= 11 is 1.65. The van der Waals surface area contributed by atoms with E-state index < -0.39 is 0 Å². The van der Waals surface area contributed by atoms with E-state index in [1.165, 1.54) is 12.8 Å². The van der Waals surface area contributed by atoms with Gasteiger partial charge in [-0.3, -0.25) is 0 Å². The predicted octanol–water partition coefficient (Wildman–Crippen LogP) is 2.31. The van der Waals surface area contributed by atoms with E-state index in [4.69, 9.17) is 11.0 Å². The van der Waals surface area contributed by atoms with Crippen LogP contribution in [0.25, 0.3) is 0 Å². The molecule has 0 spiro atoms. The van der Waals surface area contributed by atoms with Crippen LogP contribution in [-0.2, 0) is 0 Å². The third-order valence-corrected chi connectivity index (χ3v) is 4.34. The van der Waals surface area contributed by atoms with Crippen molar-refractivity contribution in [2.75, 3.05) is 13.6 Å². The highest BCUT2D eigenvalue weighted by Gasteiger charge is 2.25. The van der Waals surface area contributed by atoms with Gasteiger partial charge >= 0.3 is 0 Å². The van der Waals surface area contributed by atoms with E-state index in [-0.39, 0.29) is 0 Å². The summed E-state index contributed by atoms with van der Waals surface area (Å²) in [6.45, 7) is 5.34. The second-order valence-corrected chi connectivity index (χ2v) is 5.78. The second-order valence-electron chi connectivity index (χ2n) is 4.36. The van der Waals surface area contributed by atoms with E-state index in [0.717, 1.165) is 23.6 Å². The SMILES string of the molecule is CCCC1C(C)S/C(N)=C(/C#N)CCN1C. The van der Waals surface area contributed by atoms with Crippen LogP contribution in [-0.4, -0.2) is 29.8 Å². The highest BCUT2D eigenvalue weighted by molar-refractivity contribution is 8.03. The Morgan fingerprint density at radius 1 is 1.62 bits per heavy atom. The number of hydrogen-bond acceptors (Lipinski definition) is 4. The topological polar surface area (TPSA) is 53.1 Å². The molecule has 0 fully saturated rings. The number of nitriles is 1. The van der Waals surface area contributed by atoms with Crippen molar-refractivity contribution in [1.82, 2.24) is 4.90 Å². The van der Waals surface area contributed by atoms with Gasteiger partial charge in [-0.2, -0.15) is 5.26 Å². The van der Waals surface area contributed by atoms with Crippen LogP contribution < -0.4 is 5.73 Å². The van der Waals surface area contributed by atoms with Gasteiger partial charge in [0.15, 0.2) is 0 Å². The first-order valence-corrected chi connectivity index (χ1v) is 6.73. The molecule has 0 aromatic rings. The van der Waals surface area contributed by atoms with Crippen molar-refractivity contribution in [2.24, 2.45) is 5.73 Å². The van der Waals surface area contributed by atoms with Crippen molar-refractivity contribution in [3.63, 3.8) is 0 Å². The quantitative estimate of drug-likeness (QED) is 0.803. The van der Waals surface area contributed by atoms with Gasteiger partial charge in [0.25, 0.3) is 0 Å². The third-order valence-electron chi connectivity index (χ3n) is 3.15. The van der Waals surface area contributed by atoms with Crippen molar-refractivity contribution in [3.8, 4) is 6.07 Å². The molecule has 1 rings (SSSR count). The summed E-state index contributed by atoms with van der Waals surface area (Å²) < 4.78 is 0. The summed E-state index contributed by atoms with van der Waals surface area (Å²) in [6, 6.07) is 2.78. The molecule has 0 aromatic carbocycles. The first-order chi connectivity index (χ1) is 7.60.